The van der Waals surface area contributed by atoms with Crippen LogP contribution in [0, 0.1) is 6.92 Å². The predicted molar refractivity (Wildman–Crippen MR) is 91.5 cm³/mol. The molecule has 1 amide bonds. The Kier molecular flexibility index (Phi) is 5.98. The second-order valence-electron chi connectivity index (χ2n) is 5.31. The molecule has 0 spiro atoms. The Morgan fingerprint density at radius 2 is 1.85 bits per heavy atom. The summed E-state index contributed by atoms with van der Waals surface area (Å²) in [6.07, 6.45) is 0. The first kappa shape index (κ1) is 20.1. The van der Waals surface area contributed by atoms with E-state index >= 15 is 0 Å². The number of nitrogens with two attached hydrogens (primary N) is 1. The zero-order valence-electron chi connectivity index (χ0n) is 14.3. The predicted octanol–water partition coefficient (Wildman–Crippen LogP) is 0.818. The van der Waals surface area contributed by atoms with Gasteiger partial charge >= 0.3 is 11.9 Å². The molecule has 0 saturated heterocycles. The molecule has 144 valence electrons. The molecule has 0 aliphatic rings. The molecule has 0 radical (unpaired) electrons. The largest absolute Gasteiger partial charge is 0.465 e. The summed E-state index contributed by atoms with van der Waals surface area (Å²) in [6.45, 7) is 1.05. The van der Waals surface area contributed by atoms with E-state index in [0.717, 1.165) is 12.1 Å². The third kappa shape index (κ3) is 5.15. The van der Waals surface area contributed by atoms with Crippen molar-refractivity contribution in [3.63, 3.8) is 0 Å². The van der Waals surface area contributed by atoms with E-state index in [0.29, 0.717) is 11.3 Å². The number of amides is 1. The zero-order chi connectivity index (χ0) is 20.2. The van der Waals surface area contributed by atoms with Crippen LogP contribution in [0.15, 0.2) is 39.8 Å². The number of hydrogen-bond donors (Lipinski definition) is 2. The van der Waals surface area contributed by atoms with Crippen LogP contribution in [0.5, 0.6) is 0 Å². The maximum Gasteiger partial charge on any atom is 0.374 e. The fraction of sp³-hybridized carbons (Fsp3) is 0.188. The number of aryl methyl sites for hydroxylation is 1. The Labute approximate surface area is 154 Å². The number of carbonyl (C=O) groups excluding carboxylic acids is 3. The van der Waals surface area contributed by atoms with E-state index in [2.05, 4.69) is 10.1 Å². The molecular weight excluding hydrogens is 380 g/mol. The van der Waals surface area contributed by atoms with Crippen LogP contribution in [-0.4, -0.2) is 40.0 Å². The summed E-state index contributed by atoms with van der Waals surface area (Å²) in [7, 11) is -2.87. The van der Waals surface area contributed by atoms with Crippen LogP contribution in [0.1, 0.15) is 26.5 Å². The van der Waals surface area contributed by atoms with Gasteiger partial charge in [-0.15, -0.1) is 0 Å². The van der Waals surface area contributed by atoms with Crippen molar-refractivity contribution in [3.05, 3.63) is 47.2 Å². The minimum absolute atomic E-state index is 0.238. The zero-order valence-corrected chi connectivity index (χ0v) is 15.2. The van der Waals surface area contributed by atoms with Crippen LogP contribution in [0.25, 0.3) is 0 Å². The molecule has 0 unspecified atom stereocenters. The van der Waals surface area contributed by atoms with Crippen LogP contribution < -0.4 is 10.5 Å². The molecule has 1 aromatic carbocycles. The molecule has 27 heavy (non-hydrogen) atoms. The molecule has 1 heterocycles. The number of esters is 2. The SMILES string of the molecule is COC(=O)c1ccc(C)c(NC(=O)COC(=O)c2ccc(S(N)(=O)=O)o2)c1. The van der Waals surface area contributed by atoms with Gasteiger partial charge in [-0.25, -0.2) is 23.1 Å². The number of carbonyl (C=O) groups is 3. The van der Waals surface area contributed by atoms with Crippen molar-refractivity contribution in [1.29, 1.82) is 0 Å². The van der Waals surface area contributed by atoms with E-state index in [1.54, 1.807) is 13.0 Å². The third-order valence-electron chi connectivity index (χ3n) is 3.33. The summed E-state index contributed by atoms with van der Waals surface area (Å²) in [5.41, 5.74) is 1.25. The van der Waals surface area contributed by atoms with Gasteiger partial charge in [0.05, 0.1) is 12.7 Å². The average Bonchev–Trinajstić information content (AvgIpc) is 3.11. The Bertz CT molecular complexity index is 994. The van der Waals surface area contributed by atoms with Gasteiger partial charge in [0.25, 0.3) is 15.9 Å². The first-order valence-corrected chi connectivity index (χ1v) is 8.95. The van der Waals surface area contributed by atoms with E-state index in [1.807, 2.05) is 0 Å². The molecule has 0 aliphatic heterocycles. The number of rotatable bonds is 6. The topological polar surface area (TPSA) is 155 Å². The Morgan fingerprint density at radius 3 is 2.44 bits per heavy atom. The minimum Gasteiger partial charge on any atom is -0.465 e. The highest BCUT2D eigenvalue weighted by Crippen LogP contribution is 2.18. The van der Waals surface area contributed by atoms with Gasteiger partial charge in [0.1, 0.15) is 0 Å². The Balaban J connectivity index is 1.99. The molecule has 3 N–H and O–H groups in total. The Hall–Kier alpha value is -3.18. The molecular formula is C16H16N2O8S. The summed E-state index contributed by atoms with van der Waals surface area (Å²) >= 11 is 0. The number of benzene rings is 1. The van der Waals surface area contributed by atoms with E-state index in [-0.39, 0.29) is 5.56 Å². The Morgan fingerprint density at radius 1 is 1.15 bits per heavy atom. The van der Waals surface area contributed by atoms with Gasteiger partial charge in [0.2, 0.25) is 10.9 Å². The summed E-state index contributed by atoms with van der Waals surface area (Å²) in [4.78, 5) is 35.3. The maximum absolute atomic E-state index is 12.0. The lowest BCUT2D eigenvalue weighted by Gasteiger charge is -2.10. The van der Waals surface area contributed by atoms with Gasteiger partial charge in [0, 0.05) is 5.69 Å². The number of furan rings is 1. The summed E-state index contributed by atoms with van der Waals surface area (Å²) in [6, 6.07) is 6.63. The average molecular weight is 396 g/mol. The molecule has 1 aromatic heterocycles. The maximum atomic E-state index is 12.0. The molecule has 10 nitrogen and oxygen atoms in total. The van der Waals surface area contributed by atoms with Crippen molar-refractivity contribution < 1.29 is 36.7 Å². The van der Waals surface area contributed by atoms with E-state index in [1.165, 1.54) is 19.2 Å². The highest BCUT2D eigenvalue weighted by atomic mass is 32.2. The first-order chi connectivity index (χ1) is 12.6. The molecule has 2 rings (SSSR count). The van der Waals surface area contributed by atoms with Crippen LogP contribution in [0.4, 0.5) is 5.69 Å². The van der Waals surface area contributed by atoms with E-state index in [4.69, 9.17) is 14.3 Å². The van der Waals surface area contributed by atoms with Crippen LogP contribution in [0.2, 0.25) is 0 Å². The lowest BCUT2D eigenvalue weighted by atomic mass is 10.1. The van der Waals surface area contributed by atoms with Gasteiger partial charge in [-0.1, -0.05) is 6.07 Å². The molecule has 0 aliphatic carbocycles. The van der Waals surface area contributed by atoms with Gasteiger partial charge < -0.3 is 19.2 Å². The smallest absolute Gasteiger partial charge is 0.374 e. The van der Waals surface area contributed by atoms with Gasteiger partial charge in [-0.2, -0.15) is 0 Å². The quantitative estimate of drug-likeness (QED) is 0.680. The van der Waals surface area contributed by atoms with Gasteiger partial charge in [-0.3, -0.25) is 4.79 Å². The molecule has 0 saturated carbocycles. The number of methoxy groups -OCH3 is 1. The van der Waals surface area contributed by atoms with Crippen molar-refractivity contribution in [1.82, 2.24) is 0 Å². The number of hydrogen-bond acceptors (Lipinski definition) is 8. The minimum atomic E-state index is -4.10. The molecule has 2 aromatic rings. The van der Waals surface area contributed by atoms with Crippen molar-refractivity contribution in [2.75, 3.05) is 19.0 Å². The first-order valence-electron chi connectivity index (χ1n) is 7.40. The van der Waals surface area contributed by atoms with Crippen molar-refractivity contribution in [2.24, 2.45) is 5.14 Å². The third-order valence-corrected chi connectivity index (χ3v) is 4.11. The number of anilines is 1. The lowest BCUT2D eigenvalue weighted by molar-refractivity contribution is -0.119. The normalized spacial score (nSPS) is 10.9. The van der Waals surface area contributed by atoms with E-state index < -0.39 is 45.3 Å². The van der Waals surface area contributed by atoms with Gasteiger partial charge in [0.15, 0.2) is 6.61 Å². The second-order valence-corrected chi connectivity index (χ2v) is 6.80. The standard InChI is InChI=1S/C16H16N2O8S/c1-9-3-4-10(15(20)24-2)7-11(9)18-13(19)8-25-16(21)12-5-6-14(26-12)27(17,22)23/h3-7H,8H2,1-2H3,(H,18,19)(H2,17,22,23). The fourth-order valence-electron chi connectivity index (χ4n) is 1.97. The monoisotopic (exact) mass is 396 g/mol. The number of ether oxygens (including phenoxy) is 2. The highest BCUT2D eigenvalue weighted by Gasteiger charge is 2.19. The van der Waals surface area contributed by atoms with Crippen molar-refractivity contribution >= 4 is 33.6 Å². The molecule has 0 fully saturated rings. The summed E-state index contributed by atoms with van der Waals surface area (Å²) in [5, 5.41) is 6.76. The van der Waals surface area contributed by atoms with E-state index in [9.17, 15) is 22.8 Å². The fourth-order valence-corrected chi connectivity index (χ4v) is 2.44. The number of nitrogens with one attached hydrogen (secondary N) is 1. The van der Waals surface area contributed by atoms with Crippen LogP contribution in [-0.2, 0) is 24.3 Å². The van der Waals surface area contributed by atoms with Gasteiger partial charge in [-0.05, 0) is 36.8 Å². The van der Waals surface area contributed by atoms with Crippen LogP contribution >= 0.6 is 0 Å². The molecule has 0 atom stereocenters. The van der Waals surface area contributed by atoms with Crippen molar-refractivity contribution in [3.8, 4) is 0 Å². The summed E-state index contributed by atoms with van der Waals surface area (Å²) < 4.78 is 36.3. The van der Waals surface area contributed by atoms with Crippen LogP contribution in [0.3, 0.4) is 0 Å². The number of primary sulfonamides is 1. The lowest BCUT2D eigenvalue weighted by Crippen LogP contribution is -2.21. The second kappa shape index (κ2) is 8.01. The molecule has 11 heteroatoms. The highest BCUT2D eigenvalue weighted by molar-refractivity contribution is 7.89. The number of sulfonamides is 1. The van der Waals surface area contributed by atoms with Crippen molar-refractivity contribution in [2.45, 2.75) is 12.0 Å². The summed E-state index contributed by atoms with van der Waals surface area (Å²) in [5.74, 6) is -2.71. The molecule has 0 bridgehead atoms.